The van der Waals surface area contributed by atoms with Crippen LogP contribution in [0.2, 0.25) is 0 Å². The van der Waals surface area contributed by atoms with Gasteiger partial charge in [-0.05, 0) is 38.1 Å². The summed E-state index contributed by atoms with van der Waals surface area (Å²) in [6.45, 7) is 1.93. The summed E-state index contributed by atoms with van der Waals surface area (Å²) >= 11 is 4.59. The SMILES string of the molecule is CCOC(=O)N[C@@](Nc1ccc(OC(F)(F)Cl)cc1)(C(=O)OCC)C(F)(F)F. The lowest BCUT2D eigenvalue weighted by atomic mass is 10.1. The third kappa shape index (κ3) is 6.29. The maximum Gasteiger partial charge on any atom is 0.487 e. The van der Waals surface area contributed by atoms with Crippen LogP contribution in [0.4, 0.5) is 32.4 Å². The fraction of sp³-hybridized carbons (Fsp3) is 0.467. The number of rotatable bonds is 8. The number of benzene rings is 1. The molecule has 0 heterocycles. The highest BCUT2D eigenvalue weighted by atomic mass is 35.5. The van der Waals surface area contributed by atoms with Crippen molar-refractivity contribution in [2.45, 2.75) is 31.3 Å². The molecule has 0 bridgehead atoms. The molecular formula is C15H16ClF5N2O5. The fourth-order valence-corrected chi connectivity index (χ4v) is 2.00. The second-order valence-corrected chi connectivity index (χ2v) is 5.45. The molecule has 0 fully saturated rings. The van der Waals surface area contributed by atoms with Crippen molar-refractivity contribution >= 4 is 29.4 Å². The van der Waals surface area contributed by atoms with Crippen LogP contribution < -0.4 is 15.4 Å². The molecule has 0 saturated heterocycles. The van der Waals surface area contributed by atoms with E-state index < -0.39 is 41.8 Å². The van der Waals surface area contributed by atoms with Crippen molar-refractivity contribution in [1.82, 2.24) is 5.32 Å². The number of carbonyl (C=O) groups excluding carboxylic acids is 2. The molecule has 0 radical (unpaired) electrons. The van der Waals surface area contributed by atoms with Crippen LogP contribution in [0, 0.1) is 0 Å². The van der Waals surface area contributed by atoms with Crippen LogP contribution in [0.3, 0.4) is 0 Å². The van der Waals surface area contributed by atoms with E-state index in [0.29, 0.717) is 0 Å². The predicted octanol–water partition coefficient (Wildman–Crippen LogP) is 3.83. The highest BCUT2D eigenvalue weighted by Gasteiger charge is 2.64. The second-order valence-electron chi connectivity index (χ2n) is 5.01. The second kappa shape index (κ2) is 9.13. The minimum Gasteiger partial charge on any atom is -0.463 e. The zero-order valence-electron chi connectivity index (χ0n) is 14.5. The number of anilines is 1. The molecule has 1 amide bonds. The van der Waals surface area contributed by atoms with Gasteiger partial charge in [0.05, 0.1) is 13.2 Å². The van der Waals surface area contributed by atoms with Crippen molar-refractivity contribution in [3.05, 3.63) is 24.3 Å². The van der Waals surface area contributed by atoms with Crippen LogP contribution in [0.5, 0.6) is 5.75 Å². The smallest absolute Gasteiger partial charge is 0.463 e. The monoisotopic (exact) mass is 434 g/mol. The van der Waals surface area contributed by atoms with Crippen LogP contribution in [0.25, 0.3) is 0 Å². The van der Waals surface area contributed by atoms with E-state index >= 15 is 0 Å². The first kappa shape index (κ1) is 23.5. The Labute approximate surface area is 161 Å². The number of halogens is 6. The fourth-order valence-electron chi connectivity index (χ4n) is 1.91. The Kier molecular flexibility index (Phi) is 7.67. The summed E-state index contributed by atoms with van der Waals surface area (Å²) in [5.41, 5.74) is -8.11. The zero-order chi connectivity index (χ0) is 21.6. The number of alkyl halides is 6. The average Bonchev–Trinajstić information content (AvgIpc) is 2.54. The Morgan fingerprint density at radius 2 is 1.54 bits per heavy atom. The quantitative estimate of drug-likeness (QED) is 0.280. The highest BCUT2D eigenvalue weighted by Crippen LogP contribution is 2.34. The molecule has 2 N–H and O–H groups in total. The Morgan fingerprint density at radius 3 is 1.96 bits per heavy atom. The topological polar surface area (TPSA) is 85.9 Å². The van der Waals surface area contributed by atoms with Crippen molar-refractivity contribution in [3.8, 4) is 5.75 Å². The molecule has 0 spiro atoms. The summed E-state index contributed by atoms with van der Waals surface area (Å²) in [6.07, 6.45) is -6.91. The van der Waals surface area contributed by atoms with Gasteiger partial charge in [-0.2, -0.15) is 13.2 Å². The Morgan fingerprint density at radius 1 is 1.00 bits per heavy atom. The van der Waals surface area contributed by atoms with Gasteiger partial charge in [-0.1, -0.05) is 0 Å². The lowest BCUT2D eigenvalue weighted by Crippen LogP contribution is -2.69. The van der Waals surface area contributed by atoms with Gasteiger partial charge in [0.25, 0.3) is 0 Å². The lowest BCUT2D eigenvalue weighted by molar-refractivity contribution is -0.205. The molecule has 0 unspecified atom stereocenters. The summed E-state index contributed by atoms with van der Waals surface area (Å²) in [6, 6.07) is 3.53. The third-order valence-electron chi connectivity index (χ3n) is 2.99. The van der Waals surface area contributed by atoms with Crippen molar-refractivity contribution in [1.29, 1.82) is 0 Å². The largest absolute Gasteiger partial charge is 0.487 e. The number of esters is 1. The summed E-state index contributed by atoms with van der Waals surface area (Å²) in [7, 11) is 0. The van der Waals surface area contributed by atoms with E-state index in [9.17, 15) is 31.5 Å². The molecule has 0 aromatic heterocycles. The number of amides is 1. The third-order valence-corrected chi connectivity index (χ3v) is 3.07. The van der Waals surface area contributed by atoms with Gasteiger partial charge in [0, 0.05) is 17.3 Å². The maximum atomic E-state index is 13.8. The molecule has 7 nitrogen and oxygen atoms in total. The molecule has 0 saturated carbocycles. The summed E-state index contributed by atoms with van der Waals surface area (Å²) < 4.78 is 79.4. The molecule has 0 aliphatic carbocycles. The molecule has 158 valence electrons. The van der Waals surface area contributed by atoms with E-state index in [1.54, 1.807) is 0 Å². The Bertz CT molecular complexity index is 681. The van der Waals surface area contributed by atoms with E-state index in [1.807, 2.05) is 5.32 Å². The van der Waals surface area contributed by atoms with Crippen molar-refractivity contribution < 1.29 is 45.8 Å². The zero-order valence-corrected chi connectivity index (χ0v) is 15.3. The molecule has 1 aromatic rings. The Balaban J connectivity index is 3.26. The van der Waals surface area contributed by atoms with E-state index in [-0.39, 0.29) is 12.3 Å². The number of carbonyl (C=O) groups is 2. The minimum absolute atomic E-state index is 0.263. The van der Waals surface area contributed by atoms with E-state index in [0.717, 1.165) is 24.3 Å². The van der Waals surface area contributed by atoms with Gasteiger partial charge in [0.1, 0.15) is 5.75 Å². The number of hydrogen-bond donors (Lipinski definition) is 2. The van der Waals surface area contributed by atoms with Gasteiger partial charge in [-0.15, -0.1) is 8.78 Å². The molecule has 1 rings (SSSR count). The first-order valence-corrected chi connectivity index (χ1v) is 8.05. The normalized spacial score (nSPS) is 13.9. The average molecular weight is 435 g/mol. The van der Waals surface area contributed by atoms with E-state index in [4.69, 9.17) is 0 Å². The molecule has 0 aliphatic heterocycles. The maximum absolute atomic E-state index is 13.8. The van der Waals surface area contributed by atoms with Gasteiger partial charge in [0.15, 0.2) is 0 Å². The van der Waals surface area contributed by atoms with Crippen molar-refractivity contribution in [2.75, 3.05) is 18.5 Å². The summed E-state index contributed by atoms with van der Waals surface area (Å²) in [5, 5.41) is 3.22. The van der Waals surface area contributed by atoms with Crippen molar-refractivity contribution in [2.24, 2.45) is 0 Å². The van der Waals surface area contributed by atoms with Gasteiger partial charge >= 0.3 is 29.5 Å². The molecule has 13 heteroatoms. The number of nitrogens with one attached hydrogen (secondary N) is 2. The molecule has 1 atom stereocenters. The van der Waals surface area contributed by atoms with Gasteiger partial charge in [-0.25, -0.2) is 9.59 Å². The molecular weight excluding hydrogens is 419 g/mol. The number of hydrogen-bond acceptors (Lipinski definition) is 6. The summed E-state index contributed by atoms with van der Waals surface area (Å²) in [5.74, 6) is -2.32. The van der Waals surface area contributed by atoms with E-state index in [2.05, 4.69) is 25.8 Å². The number of alkyl carbamates (subject to hydrolysis) is 1. The van der Waals surface area contributed by atoms with Crippen molar-refractivity contribution in [3.63, 3.8) is 0 Å². The molecule has 0 aliphatic rings. The van der Waals surface area contributed by atoms with Gasteiger partial charge in [0.2, 0.25) is 0 Å². The van der Waals surface area contributed by atoms with Crippen LogP contribution in [0.15, 0.2) is 24.3 Å². The van der Waals surface area contributed by atoms with Gasteiger partial charge in [-0.3, -0.25) is 5.32 Å². The van der Waals surface area contributed by atoms with Crippen LogP contribution >= 0.6 is 11.6 Å². The first-order valence-electron chi connectivity index (χ1n) is 7.67. The Hall–Kier alpha value is -2.50. The lowest BCUT2D eigenvalue weighted by Gasteiger charge is -2.34. The van der Waals surface area contributed by atoms with Crippen LogP contribution in [0.1, 0.15) is 13.8 Å². The summed E-state index contributed by atoms with van der Waals surface area (Å²) in [4.78, 5) is 23.7. The standard InChI is InChI=1S/C15H16ClF5N2O5/c1-3-26-11(24)13(14(17,18)19,23-12(25)27-4-2)22-9-5-7-10(8-6-9)28-15(16,20)21/h5-8,22H,3-4H2,1-2H3,(H,23,25)/t13-/m0/s1. The van der Waals surface area contributed by atoms with Crippen LogP contribution in [-0.4, -0.2) is 42.7 Å². The first-order chi connectivity index (χ1) is 12.8. The highest BCUT2D eigenvalue weighted by molar-refractivity contribution is 6.20. The molecule has 28 heavy (non-hydrogen) atoms. The van der Waals surface area contributed by atoms with Gasteiger partial charge < -0.3 is 19.5 Å². The van der Waals surface area contributed by atoms with E-state index in [1.165, 1.54) is 19.2 Å². The molecule has 1 aromatic carbocycles. The predicted molar refractivity (Wildman–Crippen MR) is 87.1 cm³/mol. The minimum atomic E-state index is -5.37. The number of ether oxygens (including phenoxy) is 3. The van der Waals surface area contributed by atoms with Crippen LogP contribution in [-0.2, 0) is 14.3 Å².